The molecule has 2 aromatic heterocycles. The lowest BCUT2D eigenvalue weighted by Gasteiger charge is -2.07. The average molecular weight is 276 g/mol. The van der Waals surface area contributed by atoms with E-state index in [2.05, 4.69) is 47.6 Å². The molecule has 104 valence electrons. The third-order valence-electron chi connectivity index (χ3n) is 3.83. The Morgan fingerprint density at radius 3 is 2.95 bits per heavy atom. The first kappa shape index (κ1) is 12.1. The van der Waals surface area contributed by atoms with Crippen LogP contribution in [0.1, 0.15) is 11.1 Å². The van der Waals surface area contributed by atoms with E-state index in [-0.39, 0.29) is 0 Å². The largest absolute Gasteiger partial charge is 0.369 e. The molecule has 0 spiro atoms. The molecule has 3 aromatic rings. The van der Waals surface area contributed by atoms with Crippen LogP contribution in [0.2, 0.25) is 0 Å². The van der Waals surface area contributed by atoms with Crippen molar-refractivity contribution in [2.45, 2.75) is 13.3 Å². The summed E-state index contributed by atoms with van der Waals surface area (Å²) in [6, 6.07) is 12.4. The Morgan fingerprint density at radius 2 is 2.14 bits per heavy atom. The lowest BCUT2D eigenvalue weighted by atomic mass is 10.1. The quantitative estimate of drug-likeness (QED) is 0.781. The first-order valence-electron chi connectivity index (χ1n) is 7.16. The molecule has 0 amide bonds. The Balaban J connectivity index is 1.91. The smallest absolute Gasteiger partial charge is 0.133 e. The van der Waals surface area contributed by atoms with Gasteiger partial charge in [-0.25, -0.2) is 4.68 Å². The van der Waals surface area contributed by atoms with Crippen LogP contribution in [0.15, 0.2) is 48.8 Å². The van der Waals surface area contributed by atoms with Crippen molar-refractivity contribution in [1.29, 1.82) is 0 Å². The van der Waals surface area contributed by atoms with Crippen LogP contribution in [0.5, 0.6) is 0 Å². The number of benzene rings is 1. The van der Waals surface area contributed by atoms with Crippen LogP contribution in [-0.4, -0.2) is 21.3 Å². The molecule has 0 atom stereocenters. The molecule has 0 saturated heterocycles. The number of aromatic nitrogens is 3. The molecule has 0 radical (unpaired) electrons. The van der Waals surface area contributed by atoms with Gasteiger partial charge in [0.25, 0.3) is 0 Å². The maximum Gasteiger partial charge on any atom is 0.133 e. The van der Waals surface area contributed by atoms with Gasteiger partial charge in [0.05, 0.1) is 11.4 Å². The molecule has 4 nitrogen and oxygen atoms in total. The van der Waals surface area contributed by atoms with Crippen molar-refractivity contribution in [3.63, 3.8) is 0 Å². The third-order valence-corrected chi connectivity index (χ3v) is 3.83. The van der Waals surface area contributed by atoms with Gasteiger partial charge in [-0.1, -0.05) is 12.1 Å². The van der Waals surface area contributed by atoms with Crippen molar-refractivity contribution >= 4 is 5.82 Å². The van der Waals surface area contributed by atoms with Gasteiger partial charge in [0.15, 0.2) is 0 Å². The molecule has 0 bridgehead atoms. The van der Waals surface area contributed by atoms with E-state index in [0.717, 1.165) is 35.7 Å². The van der Waals surface area contributed by atoms with Crippen molar-refractivity contribution in [2.75, 3.05) is 11.9 Å². The fourth-order valence-corrected chi connectivity index (χ4v) is 2.86. The first-order chi connectivity index (χ1) is 10.3. The lowest BCUT2D eigenvalue weighted by molar-refractivity contribution is 0.881. The van der Waals surface area contributed by atoms with Gasteiger partial charge in [0.2, 0.25) is 0 Å². The Kier molecular flexibility index (Phi) is 2.74. The molecule has 0 fully saturated rings. The van der Waals surface area contributed by atoms with Gasteiger partial charge in [-0.15, -0.1) is 0 Å². The lowest BCUT2D eigenvalue weighted by Crippen LogP contribution is -2.04. The van der Waals surface area contributed by atoms with Crippen molar-refractivity contribution in [2.24, 2.45) is 0 Å². The molecular weight excluding hydrogens is 260 g/mol. The highest BCUT2D eigenvalue weighted by atomic mass is 15.3. The number of anilines is 1. The fourth-order valence-electron chi connectivity index (χ4n) is 2.86. The Bertz CT molecular complexity index is 790. The Morgan fingerprint density at radius 1 is 1.19 bits per heavy atom. The molecule has 1 aliphatic rings. The van der Waals surface area contributed by atoms with Crippen molar-refractivity contribution in [1.82, 2.24) is 14.8 Å². The number of aryl methyl sites for hydroxylation is 1. The second kappa shape index (κ2) is 4.74. The van der Waals surface area contributed by atoms with Gasteiger partial charge in [0, 0.05) is 30.1 Å². The number of nitrogens with zero attached hydrogens (tertiary/aromatic N) is 3. The van der Waals surface area contributed by atoms with Gasteiger partial charge >= 0.3 is 0 Å². The maximum absolute atomic E-state index is 4.83. The predicted molar refractivity (Wildman–Crippen MR) is 83.7 cm³/mol. The minimum atomic E-state index is 0.965. The summed E-state index contributed by atoms with van der Waals surface area (Å²) in [6.45, 7) is 3.06. The number of fused-ring (bicyclic) bond motifs is 1. The van der Waals surface area contributed by atoms with Crippen LogP contribution in [0.3, 0.4) is 0 Å². The molecule has 0 saturated carbocycles. The Hall–Kier alpha value is -2.62. The zero-order chi connectivity index (χ0) is 14.2. The number of hydrogen-bond acceptors (Lipinski definition) is 3. The number of nitrogens with one attached hydrogen (secondary N) is 1. The summed E-state index contributed by atoms with van der Waals surface area (Å²) in [5.74, 6) is 1.11. The van der Waals surface area contributed by atoms with E-state index in [1.54, 1.807) is 6.20 Å². The molecule has 0 unspecified atom stereocenters. The summed E-state index contributed by atoms with van der Waals surface area (Å²) in [6.07, 6.45) is 4.67. The molecule has 3 heterocycles. The fraction of sp³-hybridized carbons (Fsp3) is 0.176. The zero-order valence-corrected chi connectivity index (χ0v) is 11.9. The summed E-state index contributed by atoms with van der Waals surface area (Å²) in [5.41, 5.74) is 5.71. The van der Waals surface area contributed by atoms with Gasteiger partial charge in [0.1, 0.15) is 5.82 Å². The first-order valence-corrected chi connectivity index (χ1v) is 7.16. The second-order valence-corrected chi connectivity index (χ2v) is 5.35. The van der Waals surface area contributed by atoms with Crippen LogP contribution >= 0.6 is 0 Å². The number of hydrogen-bond donors (Lipinski definition) is 1. The summed E-state index contributed by atoms with van der Waals surface area (Å²) in [4.78, 5) is 4.21. The third kappa shape index (κ3) is 2.00. The van der Waals surface area contributed by atoms with E-state index in [1.807, 2.05) is 16.9 Å². The van der Waals surface area contributed by atoms with Crippen molar-refractivity contribution in [3.05, 3.63) is 59.9 Å². The van der Waals surface area contributed by atoms with Gasteiger partial charge in [-0.3, -0.25) is 4.98 Å². The van der Waals surface area contributed by atoms with Gasteiger partial charge < -0.3 is 5.32 Å². The molecule has 21 heavy (non-hydrogen) atoms. The van der Waals surface area contributed by atoms with Crippen LogP contribution in [-0.2, 0) is 6.42 Å². The minimum Gasteiger partial charge on any atom is -0.369 e. The van der Waals surface area contributed by atoms with E-state index < -0.39 is 0 Å². The molecule has 4 rings (SSSR count). The number of pyridine rings is 1. The van der Waals surface area contributed by atoms with E-state index in [9.17, 15) is 0 Å². The summed E-state index contributed by atoms with van der Waals surface area (Å²) >= 11 is 0. The molecule has 1 aliphatic heterocycles. The Labute approximate surface area is 123 Å². The minimum absolute atomic E-state index is 0.965. The SMILES string of the molecule is Cc1cccc(-n2nc(-c3cccnc3)c3c2NCC3)c1. The predicted octanol–water partition coefficient (Wildman–Crippen LogP) is 3.21. The van der Waals surface area contributed by atoms with Crippen LogP contribution < -0.4 is 5.32 Å². The topological polar surface area (TPSA) is 42.7 Å². The van der Waals surface area contributed by atoms with Crippen LogP contribution in [0.25, 0.3) is 16.9 Å². The second-order valence-electron chi connectivity index (χ2n) is 5.35. The highest BCUT2D eigenvalue weighted by Crippen LogP contribution is 2.34. The number of rotatable bonds is 2. The summed E-state index contributed by atoms with van der Waals surface area (Å²) in [7, 11) is 0. The molecule has 1 N–H and O–H groups in total. The van der Waals surface area contributed by atoms with Crippen molar-refractivity contribution < 1.29 is 0 Å². The molecule has 1 aromatic carbocycles. The van der Waals surface area contributed by atoms with E-state index in [0.29, 0.717) is 0 Å². The molecule has 0 aliphatic carbocycles. The van der Waals surface area contributed by atoms with Gasteiger partial charge in [-0.2, -0.15) is 5.10 Å². The van der Waals surface area contributed by atoms with E-state index >= 15 is 0 Å². The average Bonchev–Trinajstić information content (AvgIpc) is 3.10. The van der Waals surface area contributed by atoms with Crippen LogP contribution in [0.4, 0.5) is 5.82 Å². The summed E-state index contributed by atoms with van der Waals surface area (Å²) < 4.78 is 2.01. The standard InChI is InChI=1S/C17H16N4/c1-12-4-2-6-14(10-12)21-17-15(7-9-19-17)16(20-21)13-5-3-8-18-11-13/h2-6,8,10-11,19H,7,9H2,1H3. The normalized spacial score (nSPS) is 13.0. The van der Waals surface area contributed by atoms with Gasteiger partial charge in [-0.05, 0) is 43.2 Å². The van der Waals surface area contributed by atoms with E-state index in [4.69, 9.17) is 5.10 Å². The molecule has 4 heteroatoms. The highest BCUT2D eigenvalue weighted by molar-refractivity contribution is 5.72. The monoisotopic (exact) mass is 276 g/mol. The zero-order valence-electron chi connectivity index (χ0n) is 11.9. The van der Waals surface area contributed by atoms with E-state index in [1.165, 1.54) is 11.1 Å². The molecular formula is C17H16N4. The highest BCUT2D eigenvalue weighted by Gasteiger charge is 2.23. The van der Waals surface area contributed by atoms with Crippen molar-refractivity contribution in [3.8, 4) is 16.9 Å². The summed E-state index contributed by atoms with van der Waals surface area (Å²) in [5, 5.41) is 8.28. The maximum atomic E-state index is 4.83. The van der Waals surface area contributed by atoms with Crippen LogP contribution in [0, 0.1) is 6.92 Å².